The lowest BCUT2D eigenvalue weighted by Gasteiger charge is -2.42. The predicted octanol–water partition coefficient (Wildman–Crippen LogP) is 3.00. The van der Waals surface area contributed by atoms with Crippen molar-refractivity contribution in [3.63, 3.8) is 0 Å². The fourth-order valence-electron chi connectivity index (χ4n) is 3.32. The Bertz CT molecular complexity index is 383. The van der Waals surface area contributed by atoms with Crippen LogP contribution in [0.3, 0.4) is 0 Å². The number of aliphatic imine (C=N–C) groups is 1. The van der Waals surface area contributed by atoms with Crippen LogP contribution in [0.4, 0.5) is 0 Å². The quantitative estimate of drug-likeness (QED) is 0.381. The molecule has 0 bridgehead atoms. The summed E-state index contributed by atoms with van der Waals surface area (Å²) >= 11 is 0. The molecular formula is C17H35IN4O. The Hall–Kier alpha value is -0.530. The first-order valence-electron chi connectivity index (χ1n) is 8.65. The van der Waals surface area contributed by atoms with Gasteiger partial charge in [-0.2, -0.15) is 0 Å². The second-order valence-electron chi connectivity index (χ2n) is 7.03. The minimum Gasteiger partial charge on any atom is -0.356 e. The maximum atomic E-state index is 11.7. The number of halogens is 1. The van der Waals surface area contributed by atoms with E-state index in [9.17, 15) is 4.79 Å². The van der Waals surface area contributed by atoms with Crippen LogP contribution in [0.2, 0.25) is 0 Å². The maximum Gasteiger partial charge on any atom is 0.221 e. The Labute approximate surface area is 159 Å². The van der Waals surface area contributed by atoms with Gasteiger partial charge in [0.15, 0.2) is 5.96 Å². The molecule has 0 aromatic carbocycles. The minimum atomic E-state index is 0. The fourth-order valence-corrected chi connectivity index (χ4v) is 3.32. The molecule has 0 saturated carbocycles. The van der Waals surface area contributed by atoms with E-state index in [-0.39, 0.29) is 35.9 Å². The van der Waals surface area contributed by atoms with Crippen molar-refractivity contribution < 1.29 is 4.79 Å². The summed E-state index contributed by atoms with van der Waals surface area (Å²) in [5.41, 5.74) is 0.389. The average Bonchev–Trinajstić information content (AvgIpc) is 2.42. The van der Waals surface area contributed by atoms with E-state index in [1.165, 1.54) is 25.7 Å². The molecule has 1 aliphatic heterocycles. The van der Waals surface area contributed by atoms with Crippen LogP contribution in [0.15, 0.2) is 4.99 Å². The minimum absolute atomic E-state index is 0. The van der Waals surface area contributed by atoms with Crippen LogP contribution < -0.4 is 10.6 Å². The predicted molar refractivity (Wildman–Crippen MR) is 108 cm³/mol. The number of likely N-dealkylation sites (tertiary alicyclic amines) is 1. The van der Waals surface area contributed by atoms with Gasteiger partial charge in [0, 0.05) is 39.1 Å². The molecule has 0 spiro atoms. The largest absolute Gasteiger partial charge is 0.356 e. The normalized spacial score (nSPS) is 21.8. The molecule has 0 aromatic rings. The molecule has 5 nitrogen and oxygen atoms in total. The van der Waals surface area contributed by atoms with E-state index in [0.29, 0.717) is 18.4 Å². The third-order valence-corrected chi connectivity index (χ3v) is 4.23. The van der Waals surface area contributed by atoms with Crippen LogP contribution in [-0.4, -0.2) is 49.5 Å². The number of hydrogen-bond donors (Lipinski definition) is 2. The lowest BCUT2D eigenvalue weighted by molar-refractivity contribution is -0.121. The number of rotatable bonds is 6. The highest BCUT2D eigenvalue weighted by Gasteiger charge is 2.31. The van der Waals surface area contributed by atoms with E-state index in [0.717, 1.165) is 19.0 Å². The van der Waals surface area contributed by atoms with E-state index < -0.39 is 0 Å². The van der Waals surface area contributed by atoms with Gasteiger partial charge in [0.25, 0.3) is 0 Å². The maximum absolute atomic E-state index is 11.7. The smallest absolute Gasteiger partial charge is 0.221 e. The number of nitrogens with one attached hydrogen (secondary N) is 2. The zero-order chi connectivity index (χ0) is 16.6. The summed E-state index contributed by atoms with van der Waals surface area (Å²) in [7, 11) is 1.82. The van der Waals surface area contributed by atoms with Crippen molar-refractivity contribution in [3.8, 4) is 0 Å². The lowest BCUT2D eigenvalue weighted by Crippen LogP contribution is -2.50. The second kappa shape index (κ2) is 11.1. The van der Waals surface area contributed by atoms with E-state index in [1.807, 2.05) is 20.9 Å². The van der Waals surface area contributed by atoms with Crippen molar-refractivity contribution in [2.24, 2.45) is 10.4 Å². The highest BCUT2D eigenvalue weighted by molar-refractivity contribution is 14.0. The van der Waals surface area contributed by atoms with Gasteiger partial charge in [-0.15, -0.1) is 24.0 Å². The summed E-state index contributed by atoms with van der Waals surface area (Å²) in [5.74, 6) is 1.02. The van der Waals surface area contributed by atoms with Gasteiger partial charge in [-0.1, -0.05) is 20.3 Å². The molecule has 1 amide bonds. The Kier molecular flexibility index (Phi) is 10.8. The topological polar surface area (TPSA) is 56.7 Å². The number of carbonyl (C=O) groups excluding carboxylic acids is 1. The van der Waals surface area contributed by atoms with Crippen LogP contribution in [0.1, 0.15) is 59.8 Å². The van der Waals surface area contributed by atoms with Crippen LogP contribution >= 0.6 is 24.0 Å². The Balaban J connectivity index is 0.00000484. The standard InChI is InChI=1S/C17H34N4O.HI/c1-6-9-17(4)10-7-12-21(13-17)16(18-5)19-11-8-15(22)20-14(2)3;/h14H,6-13H2,1-5H3,(H,18,19)(H,20,22);1H. The lowest BCUT2D eigenvalue weighted by atomic mass is 9.78. The molecular weight excluding hydrogens is 403 g/mol. The SMILES string of the molecule is CCCC1(C)CCCN(C(=NC)NCCC(=O)NC(C)C)C1.I. The molecule has 1 aliphatic rings. The number of piperidine rings is 1. The third kappa shape index (κ3) is 8.22. The Morgan fingerprint density at radius 3 is 2.65 bits per heavy atom. The molecule has 0 radical (unpaired) electrons. The molecule has 23 heavy (non-hydrogen) atoms. The first-order chi connectivity index (χ1) is 10.4. The van der Waals surface area contributed by atoms with E-state index in [1.54, 1.807) is 0 Å². The molecule has 0 aliphatic carbocycles. The first kappa shape index (κ1) is 22.5. The number of nitrogens with zero attached hydrogens (tertiary/aromatic N) is 2. The monoisotopic (exact) mass is 438 g/mol. The number of guanidine groups is 1. The molecule has 1 heterocycles. The van der Waals surface area contributed by atoms with Gasteiger partial charge in [0.2, 0.25) is 5.91 Å². The fraction of sp³-hybridized carbons (Fsp3) is 0.882. The molecule has 1 saturated heterocycles. The van der Waals surface area contributed by atoms with Gasteiger partial charge in [-0.25, -0.2) is 0 Å². The van der Waals surface area contributed by atoms with Gasteiger partial charge in [0.1, 0.15) is 0 Å². The summed E-state index contributed by atoms with van der Waals surface area (Å²) < 4.78 is 0. The molecule has 2 N–H and O–H groups in total. The molecule has 1 rings (SSSR count). The van der Waals surface area contributed by atoms with Crippen LogP contribution in [0.25, 0.3) is 0 Å². The molecule has 1 atom stereocenters. The average molecular weight is 438 g/mol. The van der Waals surface area contributed by atoms with Crippen molar-refractivity contribution >= 4 is 35.8 Å². The van der Waals surface area contributed by atoms with Crippen molar-refractivity contribution in [2.75, 3.05) is 26.7 Å². The zero-order valence-electron chi connectivity index (χ0n) is 15.4. The summed E-state index contributed by atoms with van der Waals surface area (Å²) in [5, 5.41) is 6.25. The van der Waals surface area contributed by atoms with Gasteiger partial charge >= 0.3 is 0 Å². The Morgan fingerprint density at radius 2 is 2.09 bits per heavy atom. The summed E-state index contributed by atoms with van der Waals surface area (Å²) in [6.45, 7) is 11.3. The number of hydrogen-bond acceptors (Lipinski definition) is 2. The highest BCUT2D eigenvalue weighted by Crippen LogP contribution is 2.33. The summed E-state index contributed by atoms with van der Waals surface area (Å²) in [6, 6.07) is 0.198. The van der Waals surface area contributed by atoms with Gasteiger partial charge in [0.05, 0.1) is 0 Å². The first-order valence-corrected chi connectivity index (χ1v) is 8.65. The van der Waals surface area contributed by atoms with E-state index in [4.69, 9.17) is 0 Å². The number of carbonyl (C=O) groups is 1. The van der Waals surface area contributed by atoms with Gasteiger partial charge in [-0.3, -0.25) is 9.79 Å². The van der Waals surface area contributed by atoms with Crippen molar-refractivity contribution in [3.05, 3.63) is 0 Å². The molecule has 136 valence electrons. The van der Waals surface area contributed by atoms with Gasteiger partial charge in [-0.05, 0) is 38.5 Å². The second-order valence-corrected chi connectivity index (χ2v) is 7.03. The van der Waals surface area contributed by atoms with E-state index >= 15 is 0 Å². The molecule has 6 heteroatoms. The summed E-state index contributed by atoms with van der Waals surface area (Å²) in [6.07, 6.45) is 5.48. The van der Waals surface area contributed by atoms with Crippen LogP contribution in [-0.2, 0) is 4.79 Å². The molecule has 0 aromatic heterocycles. The van der Waals surface area contributed by atoms with Crippen LogP contribution in [0, 0.1) is 5.41 Å². The van der Waals surface area contributed by atoms with E-state index in [2.05, 4.69) is 34.4 Å². The molecule has 1 fully saturated rings. The summed E-state index contributed by atoms with van der Waals surface area (Å²) in [4.78, 5) is 18.4. The van der Waals surface area contributed by atoms with Crippen molar-refractivity contribution in [1.29, 1.82) is 0 Å². The zero-order valence-corrected chi connectivity index (χ0v) is 17.8. The van der Waals surface area contributed by atoms with Gasteiger partial charge < -0.3 is 15.5 Å². The highest BCUT2D eigenvalue weighted by atomic mass is 127. The van der Waals surface area contributed by atoms with Crippen molar-refractivity contribution in [2.45, 2.75) is 65.8 Å². The third-order valence-electron chi connectivity index (χ3n) is 4.23. The van der Waals surface area contributed by atoms with Crippen molar-refractivity contribution in [1.82, 2.24) is 15.5 Å². The molecule has 1 unspecified atom stereocenters. The Morgan fingerprint density at radius 1 is 1.39 bits per heavy atom. The van der Waals surface area contributed by atoms with Crippen LogP contribution in [0.5, 0.6) is 0 Å². The number of amides is 1.